The highest BCUT2D eigenvalue weighted by atomic mass is 14.4. The summed E-state index contributed by atoms with van der Waals surface area (Å²) in [6.45, 7) is 0. The van der Waals surface area contributed by atoms with Crippen LogP contribution in [-0.4, -0.2) is 0 Å². The highest BCUT2D eigenvalue weighted by molar-refractivity contribution is 6.29. The van der Waals surface area contributed by atoms with Gasteiger partial charge in [0.05, 0.1) is 0 Å². The average molecular weight is 1680 g/mol. The Morgan fingerprint density at radius 1 is 0.0455 bits per heavy atom. The van der Waals surface area contributed by atoms with Crippen LogP contribution in [0.3, 0.4) is 0 Å². The molecule has 0 bridgehead atoms. The Morgan fingerprint density at radius 3 is 0.152 bits per heavy atom. The van der Waals surface area contributed by atoms with Crippen LogP contribution >= 0.6 is 0 Å². The molecule has 0 unspecified atom stereocenters. The molecular formula is C132H90. The number of hydrogen-bond acceptors (Lipinski definition) is 0. The van der Waals surface area contributed by atoms with Gasteiger partial charge in [0.1, 0.15) is 0 Å². The first-order valence-corrected chi connectivity index (χ1v) is 45.6. The zero-order valence-corrected chi connectivity index (χ0v) is 73.0. The molecule has 0 N–H and O–H groups in total. The van der Waals surface area contributed by atoms with Crippen molar-refractivity contribution in [2.45, 2.75) is 0 Å². The van der Waals surface area contributed by atoms with Crippen LogP contribution < -0.4 is 0 Å². The Labute approximate surface area is 774 Å². The van der Waals surface area contributed by atoms with Gasteiger partial charge in [0, 0.05) is 0 Å². The zero-order valence-electron chi connectivity index (χ0n) is 73.0. The van der Waals surface area contributed by atoms with Crippen LogP contribution in [0.25, 0.3) is 234 Å². The summed E-state index contributed by atoms with van der Waals surface area (Å²) in [6, 6.07) is 205. The van der Waals surface area contributed by atoms with E-state index in [1.165, 1.54) is 0 Å². The lowest BCUT2D eigenvalue weighted by Gasteiger charge is -2.37. The fourth-order valence-electron chi connectivity index (χ4n) is 20.6. The molecule has 0 heteroatoms. The molecule has 0 aromatic heterocycles. The summed E-state index contributed by atoms with van der Waals surface area (Å²) in [7, 11) is 0. The summed E-state index contributed by atoms with van der Waals surface area (Å²) in [6.07, 6.45) is 0. The van der Waals surface area contributed by atoms with Gasteiger partial charge in [0.25, 0.3) is 0 Å². The van der Waals surface area contributed by atoms with Gasteiger partial charge in [-0.1, -0.05) is 546 Å². The molecule has 132 heavy (non-hydrogen) atoms. The van der Waals surface area contributed by atoms with Gasteiger partial charge in [-0.3, -0.25) is 0 Å². The lowest BCUT2D eigenvalue weighted by atomic mass is 9.65. The largest absolute Gasteiger partial charge is 0.0622 e. The van der Waals surface area contributed by atoms with Crippen LogP contribution in [0.15, 0.2) is 546 Å². The molecule has 0 heterocycles. The number of benzene rings is 22. The normalized spacial score (nSPS) is 11.2. The van der Waals surface area contributed by atoms with E-state index >= 15 is 0 Å². The Hall–Kier alpha value is -17.2. The average Bonchev–Trinajstić information content (AvgIpc) is 0.676. The Bertz CT molecular complexity index is 6710. The summed E-state index contributed by atoms with van der Waals surface area (Å²) < 4.78 is 0. The topological polar surface area (TPSA) is 0 Å². The van der Waals surface area contributed by atoms with Crippen LogP contribution in [0, 0.1) is 0 Å². The monoisotopic (exact) mass is 1670 g/mol. The Kier molecular flexibility index (Phi) is 22.4. The second-order valence-corrected chi connectivity index (χ2v) is 33.6. The van der Waals surface area contributed by atoms with Gasteiger partial charge in [-0.2, -0.15) is 0 Å². The SMILES string of the molecule is c1ccc(-c2c(-c3ccccc3)c(-c3ccccc3)c(-c3c(-c4ccccc4)c(-c4c(-c5ccccc5)c(-c5ccccc5)c(-c5ccccc5)c(-c5ccccc5)c4-c4ccccc4)c(-c4ccccc4)c(-c4c(-c5ccccc5)c(-c5ccccc5)c(-c5ccccc5)c(-c5ccccc5)c4-c4ccccc4)c3-c3ccccc3)c(-c3ccccc3)c2-c2ccccc2)cc1. The van der Waals surface area contributed by atoms with E-state index in [9.17, 15) is 0 Å². The van der Waals surface area contributed by atoms with Gasteiger partial charge in [-0.05, 0) is 234 Å². The first-order valence-electron chi connectivity index (χ1n) is 45.6. The second kappa shape index (κ2) is 36.7. The maximum Gasteiger partial charge on any atom is -0.0000921 e. The van der Waals surface area contributed by atoms with Gasteiger partial charge in [-0.25, -0.2) is 0 Å². The van der Waals surface area contributed by atoms with E-state index in [2.05, 4.69) is 546 Å². The van der Waals surface area contributed by atoms with E-state index in [4.69, 9.17) is 0 Å². The summed E-state index contributed by atoms with van der Waals surface area (Å²) >= 11 is 0. The molecule has 0 amide bonds. The van der Waals surface area contributed by atoms with Crippen molar-refractivity contribution in [3.63, 3.8) is 0 Å². The van der Waals surface area contributed by atoms with Crippen molar-refractivity contribution in [1.29, 1.82) is 0 Å². The molecule has 22 aromatic carbocycles. The molecule has 618 valence electrons. The van der Waals surface area contributed by atoms with Crippen LogP contribution in [0.2, 0.25) is 0 Å². The third-order valence-corrected chi connectivity index (χ3v) is 25.9. The minimum Gasteiger partial charge on any atom is -0.0622 e. The van der Waals surface area contributed by atoms with E-state index in [-0.39, 0.29) is 0 Å². The van der Waals surface area contributed by atoms with E-state index in [0.717, 1.165) is 234 Å². The van der Waals surface area contributed by atoms with Crippen molar-refractivity contribution >= 4 is 0 Å². The molecule has 0 radical (unpaired) electrons. The molecule has 0 aliphatic heterocycles. The summed E-state index contributed by atoms with van der Waals surface area (Å²) in [4.78, 5) is 0. The van der Waals surface area contributed by atoms with E-state index < -0.39 is 0 Å². The number of hydrogen-bond donors (Lipinski definition) is 0. The quantitative estimate of drug-likeness (QED) is 0.0673. The van der Waals surface area contributed by atoms with Crippen LogP contribution in [0.1, 0.15) is 0 Å². The van der Waals surface area contributed by atoms with Crippen molar-refractivity contribution in [2.24, 2.45) is 0 Å². The predicted molar refractivity (Wildman–Crippen MR) is 561 cm³/mol. The zero-order chi connectivity index (χ0) is 87.9. The third kappa shape index (κ3) is 15.0. The van der Waals surface area contributed by atoms with Crippen molar-refractivity contribution in [1.82, 2.24) is 0 Å². The van der Waals surface area contributed by atoms with Crippen LogP contribution in [0.4, 0.5) is 0 Å². The highest BCUT2D eigenvalue weighted by Crippen LogP contribution is 2.69. The maximum atomic E-state index is 2.42. The molecule has 0 aliphatic carbocycles. The summed E-state index contributed by atoms with van der Waals surface area (Å²) in [5.74, 6) is 0. The van der Waals surface area contributed by atoms with Crippen molar-refractivity contribution in [3.05, 3.63) is 546 Å². The maximum absolute atomic E-state index is 2.42. The Balaban J connectivity index is 1.18. The van der Waals surface area contributed by atoms with Gasteiger partial charge < -0.3 is 0 Å². The molecular weight excluding hydrogens is 1590 g/mol. The number of rotatable bonds is 21. The Morgan fingerprint density at radius 2 is 0.0909 bits per heavy atom. The van der Waals surface area contributed by atoms with Gasteiger partial charge in [0.2, 0.25) is 0 Å². The van der Waals surface area contributed by atoms with Crippen molar-refractivity contribution in [2.75, 3.05) is 0 Å². The standard InChI is InChI=1S/C132H90/c1-19-55-91(56-20-1)109-112(94-61-25-4-26-62-94)118(100-73-37-10-38-74-100)127(119(101-75-39-11-40-76-101)113(109)95-63-27-5-28-64-95)130-124(106-85-49-16-50-86-106)131(128-120(102-77-41-12-42-78-102)114(96-65-29-6-30-66-96)110(92-57-21-2-22-58-92)115(97-67-31-7-32-68-97)121(128)103-79-43-13-44-80-103)126(108-89-53-18-54-90-108)132(125(130)107-87-51-17-52-88-107)129-122(104-81-45-14-46-82-104)116(98-69-33-8-34-70-98)111(93-59-23-3-24-60-93)117(99-71-35-9-36-72-99)123(129)105-83-47-15-48-84-105/h1-90H. The molecule has 0 aliphatic rings. The van der Waals surface area contributed by atoms with E-state index in [0.29, 0.717) is 0 Å². The fourth-order valence-corrected chi connectivity index (χ4v) is 20.6. The first-order chi connectivity index (χ1) is 65.7. The highest BCUT2D eigenvalue weighted by Gasteiger charge is 2.42. The fraction of sp³-hybridized carbons (Fsp3) is 0. The van der Waals surface area contributed by atoms with Gasteiger partial charge in [-0.15, -0.1) is 0 Å². The third-order valence-electron chi connectivity index (χ3n) is 25.9. The van der Waals surface area contributed by atoms with Gasteiger partial charge in [0.15, 0.2) is 0 Å². The van der Waals surface area contributed by atoms with Crippen LogP contribution in [0.5, 0.6) is 0 Å². The summed E-state index contributed by atoms with van der Waals surface area (Å²) in [5.41, 5.74) is 44.7. The molecule has 0 spiro atoms. The smallest absolute Gasteiger partial charge is 0.0000921 e. The second-order valence-electron chi connectivity index (χ2n) is 33.6. The minimum absolute atomic E-state index is 1.02. The minimum atomic E-state index is 1.02. The molecule has 0 nitrogen and oxygen atoms in total. The predicted octanol–water partition coefficient (Wildman–Crippen LogP) is 36.7. The lowest BCUT2D eigenvalue weighted by molar-refractivity contribution is 1.47. The van der Waals surface area contributed by atoms with Crippen LogP contribution in [-0.2, 0) is 0 Å². The molecule has 0 fully saturated rings. The summed E-state index contributed by atoms with van der Waals surface area (Å²) in [5, 5.41) is 0. The van der Waals surface area contributed by atoms with Crippen molar-refractivity contribution < 1.29 is 0 Å². The molecule has 0 atom stereocenters. The van der Waals surface area contributed by atoms with E-state index in [1.54, 1.807) is 0 Å². The van der Waals surface area contributed by atoms with Gasteiger partial charge >= 0.3 is 0 Å². The molecule has 0 saturated carbocycles. The molecule has 22 rings (SSSR count). The van der Waals surface area contributed by atoms with Crippen molar-refractivity contribution in [3.8, 4) is 234 Å². The first kappa shape index (κ1) is 80.7. The molecule has 22 aromatic rings. The lowest BCUT2D eigenvalue weighted by Crippen LogP contribution is -2.10. The van der Waals surface area contributed by atoms with E-state index in [1.807, 2.05) is 0 Å². The molecule has 0 saturated heterocycles.